The highest BCUT2D eigenvalue weighted by Crippen LogP contribution is 2.30. The molecule has 0 radical (unpaired) electrons. The van der Waals surface area contributed by atoms with Crippen molar-refractivity contribution in [2.24, 2.45) is 0 Å². The number of rotatable bonds is 5. The Kier molecular flexibility index (Phi) is 6.18. The molecule has 0 saturated carbocycles. The normalized spacial score (nSPS) is 18.1. The fourth-order valence-electron chi connectivity index (χ4n) is 4.34. The summed E-state index contributed by atoms with van der Waals surface area (Å²) in [6, 6.07) is 7.58. The van der Waals surface area contributed by atoms with Crippen molar-refractivity contribution < 1.29 is 14.3 Å². The van der Waals surface area contributed by atoms with Gasteiger partial charge >= 0.3 is 0 Å². The molecule has 1 fully saturated rings. The van der Waals surface area contributed by atoms with Crippen molar-refractivity contribution in [2.75, 3.05) is 39.1 Å². The molecule has 2 aliphatic heterocycles. The zero-order valence-corrected chi connectivity index (χ0v) is 18.4. The quantitative estimate of drug-likeness (QED) is 0.793. The van der Waals surface area contributed by atoms with Gasteiger partial charge in [0.15, 0.2) is 0 Å². The number of anilines is 1. The highest BCUT2D eigenvalue weighted by atomic mass is 16.5. The standard InChI is InChI=1S/C23H29N5O3/c1-15(29)27-11-9-20-19(13-27)22(24-2)26-21(25-20)18-8-10-28(12-18)23(30)17-6-4-16(5-7-17)14-31-3/h4-7,18H,8-14H2,1-3H3,(H,24,25,26). The minimum Gasteiger partial charge on any atom is -0.380 e. The van der Waals surface area contributed by atoms with E-state index in [0.717, 1.165) is 41.3 Å². The monoisotopic (exact) mass is 423 g/mol. The van der Waals surface area contributed by atoms with Crippen LogP contribution in [-0.4, -0.2) is 65.4 Å². The molecule has 164 valence electrons. The maximum atomic E-state index is 13.0. The minimum atomic E-state index is 0.0374. The molecule has 0 bridgehead atoms. The predicted molar refractivity (Wildman–Crippen MR) is 117 cm³/mol. The molecule has 31 heavy (non-hydrogen) atoms. The lowest BCUT2D eigenvalue weighted by molar-refractivity contribution is -0.129. The van der Waals surface area contributed by atoms with E-state index in [1.807, 2.05) is 41.1 Å². The van der Waals surface area contributed by atoms with Gasteiger partial charge in [0, 0.05) is 64.2 Å². The number of ether oxygens (including phenoxy) is 1. The van der Waals surface area contributed by atoms with Gasteiger partial charge in [-0.15, -0.1) is 0 Å². The van der Waals surface area contributed by atoms with Crippen molar-refractivity contribution in [3.63, 3.8) is 0 Å². The van der Waals surface area contributed by atoms with Crippen LogP contribution in [0.2, 0.25) is 0 Å². The van der Waals surface area contributed by atoms with Crippen LogP contribution in [0.1, 0.15) is 52.3 Å². The van der Waals surface area contributed by atoms with E-state index in [1.165, 1.54) is 0 Å². The van der Waals surface area contributed by atoms with Gasteiger partial charge in [-0.2, -0.15) is 0 Å². The number of aromatic nitrogens is 2. The Bertz CT molecular complexity index is 959. The molecule has 1 unspecified atom stereocenters. The molecule has 4 rings (SSSR count). The number of carbonyl (C=O) groups is 2. The van der Waals surface area contributed by atoms with Gasteiger partial charge in [0.2, 0.25) is 5.91 Å². The van der Waals surface area contributed by atoms with Crippen LogP contribution in [0.4, 0.5) is 5.82 Å². The summed E-state index contributed by atoms with van der Waals surface area (Å²) in [5.74, 6) is 1.78. The Morgan fingerprint density at radius 1 is 1.16 bits per heavy atom. The third-order valence-electron chi connectivity index (χ3n) is 6.11. The van der Waals surface area contributed by atoms with E-state index >= 15 is 0 Å². The molecule has 1 N–H and O–H groups in total. The maximum Gasteiger partial charge on any atom is 0.253 e. The van der Waals surface area contributed by atoms with Crippen LogP contribution in [0.15, 0.2) is 24.3 Å². The van der Waals surface area contributed by atoms with Gasteiger partial charge in [0.25, 0.3) is 5.91 Å². The molecule has 2 amide bonds. The van der Waals surface area contributed by atoms with Crippen molar-refractivity contribution >= 4 is 17.6 Å². The van der Waals surface area contributed by atoms with Crippen LogP contribution in [0.3, 0.4) is 0 Å². The first-order chi connectivity index (χ1) is 15.0. The second-order valence-corrected chi connectivity index (χ2v) is 8.16. The lowest BCUT2D eigenvalue weighted by atomic mass is 10.0. The number of benzene rings is 1. The van der Waals surface area contributed by atoms with Gasteiger partial charge in [-0.25, -0.2) is 9.97 Å². The molecular formula is C23H29N5O3. The molecule has 3 heterocycles. The second kappa shape index (κ2) is 9.01. The van der Waals surface area contributed by atoms with E-state index in [4.69, 9.17) is 14.7 Å². The largest absolute Gasteiger partial charge is 0.380 e. The van der Waals surface area contributed by atoms with Gasteiger partial charge in [-0.05, 0) is 24.1 Å². The summed E-state index contributed by atoms with van der Waals surface area (Å²) in [5, 5.41) is 3.17. The van der Waals surface area contributed by atoms with Gasteiger partial charge in [-0.1, -0.05) is 12.1 Å². The topological polar surface area (TPSA) is 87.7 Å². The van der Waals surface area contributed by atoms with Crippen LogP contribution in [0, 0.1) is 0 Å². The number of carbonyl (C=O) groups excluding carboxylic acids is 2. The molecule has 0 aliphatic carbocycles. The zero-order valence-electron chi connectivity index (χ0n) is 18.4. The van der Waals surface area contributed by atoms with Crippen molar-refractivity contribution in [2.45, 2.75) is 38.8 Å². The van der Waals surface area contributed by atoms with Crippen LogP contribution < -0.4 is 5.32 Å². The molecule has 2 aromatic rings. The van der Waals surface area contributed by atoms with Crippen molar-refractivity contribution in [1.29, 1.82) is 0 Å². The third kappa shape index (κ3) is 4.39. The summed E-state index contributed by atoms with van der Waals surface area (Å²) in [6.45, 7) is 4.64. The number of nitrogens with one attached hydrogen (secondary N) is 1. The summed E-state index contributed by atoms with van der Waals surface area (Å²) in [4.78, 5) is 38.1. The summed E-state index contributed by atoms with van der Waals surface area (Å²) < 4.78 is 5.13. The number of hydrogen-bond acceptors (Lipinski definition) is 6. The molecule has 8 heteroatoms. The third-order valence-corrected chi connectivity index (χ3v) is 6.11. The molecule has 1 atom stereocenters. The van der Waals surface area contributed by atoms with E-state index in [2.05, 4.69) is 5.32 Å². The van der Waals surface area contributed by atoms with Crippen molar-refractivity contribution in [1.82, 2.24) is 19.8 Å². The number of amides is 2. The molecule has 1 aromatic carbocycles. The van der Waals surface area contributed by atoms with E-state index < -0.39 is 0 Å². The number of nitrogens with zero attached hydrogens (tertiary/aromatic N) is 4. The summed E-state index contributed by atoms with van der Waals surface area (Å²) in [5.41, 5.74) is 3.73. The summed E-state index contributed by atoms with van der Waals surface area (Å²) in [6.07, 6.45) is 1.57. The van der Waals surface area contributed by atoms with Gasteiger partial charge in [-0.3, -0.25) is 9.59 Å². The molecular weight excluding hydrogens is 394 g/mol. The SMILES string of the molecule is CNc1nc(C2CCN(C(=O)c3ccc(COC)cc3)C2)nc2c1CN(C(C)=O)CC2. The predicted octanol–water partition coefficient (Wildman–Crippen LogP) is 2.20. The number of fused-ring (bicyclic) bond motifs is 1. The van der Waals surface area contributed by atoms with Crippen molar-refractivity contribution in [3.05, 3.63) is 52.5 Å². The fraction of sp³-hybridized carbons (Fsp3) is 0.478. The first-order valence-corrected chi connectivity index (χ1v) is 10.7. The summed E-state index contributed by atoms with van der Waals surface area (Å²) in [7, 11) is 3.50. The first kappa shape index (κ1) is 21.2. The second-order valence-electron chi connectivity index (χ2n) is 8.16. The van der Waals surface area contributed by atoms with Gasteiger partial charge in [0.05, 0.1) is 18.8 Å². The molecule has 8 nitrogen and oxygen atoms in total. The molecule has 1 aromatic heterocycles. The smallest absolute Gasteiger partial charge is 0.253 e. The average Bonchev–Trinajstić information content (AvgIpc) is 3.28. The fourth-order valence-corrected chi connectivity index (χ4v) is 4.34. The van der Waals surface area contributed by atoms with E-state index in [-0.39, 0.29) is 17.7 Å². The Morgan fingerprint density at radius 3 is 2.61 bits per heavy atom. The number of hydrogen-bond donors (Lipinski definition) is 1. The van der Waals surface area contributed by atoms with Crippen LogP contribution in [0.25, 0.3) is 0 Å². The molecule has 2 aliphatic rings. The van der Waals surface area contributed by atoms with Gasteiger partial charge in [0.1, 0.15) is 11.6 Å². The average molecular weight is 424 g/mol. The summed E-state index contributed by atoms with van der Waals surface area (Å²) >= 11 is 0. The van der Waals surface area contributed by atoms with E-state index in [0.29, 0.717) is 38.3 Å². The Balaban J connectivity index is 1.49. The van der Waals surface area contributed by atoms with Crippen LogP contribution in [-0.2, 0) is 29.1 Å². The molecule has 1 saturated heterocycles. The number of likely N-dealkylation sites (tertiary alicyclic amines) is 1. The highest BCUT2D eigenvalue weighted by Gasteiger charge is 2.32. The zero-order chi connectivity index (χ0) is 22.0. The van der Waals surface area contributed by atoms with Crippen LogP contribution in [0.5, 0.6) is 0 Å². The Hall–Kier alpha value is -3.00. The maximum absolute atomic E-state index is 13.0. The Labute approximate surface area is 182 Å². The minimum absolute atomic E-state index is 0.0374. The van der Waals surface area contributed by atoms with Crippen molar-refractivity contribution in [3.8, 4) is 0 Å². The van der Waals surface area contributed by atoms with E-state index in [1.54, 1.807) is 14.0 Å². The number of methoxy groups -OCH3 is 1. The highest BCUT2D eigenvalue weighted by molar-refractivity contribution is 5.94. The lowest BCUT2D eigenvalue weighted by Crippen LogP contribution is -2.35. The lowest BCUT2D eigenvalue weighted by Gasteiger charge is -2.29. The van der Waals surface area contributed by atoms with Crippen LogP contribution >= 0.6 is 0 Å². The first-order valence-electron chi connectivity index (χ1n) is 10.7. The van der Waals surface area contributed by atoms with E-state index in [9.17, 15) is 9.59 Å². The Morgan fingerprint density at radius 2 is 1.94 bits per heavy atom. The molecule has 0 spiro atoms. The van der Waals surface area contributed by atoms with Gasteiger partial charge < -0.3 is 19.9 Å².